The zero-order chi connectivity index (χ0) is 16.6. The van der Waals surface area contributed by atoms with E-state index in [9.17, 15) is 13.2 Å². The number of rotatable bonds is 3. The molecule has 23 heavy (non-hydrogen) atoms. The summed E-state index contributed by atoms with van der Waals surface area (Å²) in [5.74, 6) is 0.103. The lowest BCUT2D eigenvalue weighted by molar-refractivity contribution is 0.132. The number of alkyl halides is 4. The number of hydrogen-bond donors (Lipinski definition) is 0. The molecular formula is C17H15F3I2S. The van der Waals surface area contributed by atoms with Crippen molar-refractivity contribution in [1.82, 2.24) is 0 Å². The summed E-state index contributed by atoms with van der Waals surface area (Å²) in [6.07, 6.45) is 4.54. The number of thiophene rings is 1. The van der Waals surface area contributed by atoms with Crippen LogP contribution in [0.1, 0.15) is 42.0 Å². The second-order valence-corrected chi connectivity index (χ2v) is 10.1. The van der Waals surface area contributed by atoms with Crippen LogP contribution in [0.5, 0.6) is 0 Å². The highest BCUT2D eigenvalue weighted by molar-refractivity contribution is 14.1. The van der Waals surface area contributed by atoms with Crippen LogP contribution in [0.3, 0.4) is 0 Å². The van der Waals surface area contributed by atoms with Gasteiger partial charge in [0.1, 0.15) is 5.82 Å². The van der Waals surface area contributed by atoms with Crippen LogP contribution in [0, 0.1) is 5.82 Å². The summed E-state index contributed by atoms with van der Waals surface area (Å²) in [5.41, 5.74) is 1.44. The van der Waals surface area contributed by atoms with Crippen molar-refractivity contribution in [3.63, 3.8) is 0 Å². The van der Waals surface area contributed by atoms with Gasteiger partial charge in [-0.2, -0.15) is 8.78 Å². The normalized spacial score (nSPS) is 22.3. The van der Waals surface area contributed by atoms with Crippen molar-refractivity contribution in [1.29, 1.82) is 0 Å². The fourth-order valence-corrected chi connectivity index (χ4v) is 5.14. The molecule has 1 fully saturated rings. The van der Waals surface area contributed by atoms with E-state index in [0.717, 1.165) is 56.3 Å². The fraction of sp³-hybridized carbons (Fsp3) is 0.412. The molecule has 1 aliphatic rings. The summed E-state index contributed by atoms with van der Waals surface area (Å²) in [4.78, 5) is 0.508. The molecule has 0 radical (unpaired) electrons. The molecule has 1 saturated carbocycles. The lowest BCUT2D eigenvalue weighted by Crippen LogP contribution is -2.12. The number of benzene rings is 1. The third-order valence-corrected chi connectivity index (χ3v) is 7.65. The highest BCUT2D eigenvalue weighted by Gasteiger charge is 2.29. The number of halogens is 5. The predicted molar refractivity (Wildman–Crippen MR) is 107 cm³/mol. The Morgan fingerprint density at radius 1 is 1.04 bits per heavy atom. The van der Waals surface area contributed by atoms with Crippen LogP contribution >= 0.6 is 56.5 Å². The minimum absolute atomic E-state index is 0.0445. The monoisotopic (exact) mass is 562 g/mol. The van der Waals surface area contributed by atoms with E-state index in [0.29, 0.717) is 16.4 Å². The highest BCUT2D eigenvalue weighted by Crippen LogP contribution is 2.43. The first-order valence-corrected chi connectivity index (χ1v) is 10.6. The van der Waals surface area contributed by atoms with Crippen molar-refractivity contribution in [2.75, 3.05) is 0 Å². The van der Waals surface area contributed by atoms with E-state index in [2.05, 4.69) is 22.6 Å². The Hall–Kier alpha value is 0.170. The van der Waals surface area contributed by atoms with Crippen molar-refractivity contribution >= 4 is 56.5 Å². The zero-order valence-corrected chi connectivity index (χ0v) is 17.3. The Bertz CT molecular complexity index is 685. The fourth-order valence-electron chi connectivity index (χ4n) is 3.01. The third-order valence-electron chi connectivity index (χ3n) is 4.27. The Kier molecular flexibility index (Phi) is 5.62. The molecule has 0 atom stereocenters. The molecule has 1 aromatic carbocycles. The Labute approximate surface area is 165 Å². The van der Waals surface area contributed by atoms with Crippen LogP contribution < -0.4 is 0 Å². The molecule has 0 bridgehead atoms. The highest BCUT2D eigenvalue weighted by atomic mass is 127. The van der Waals surface area contributed by atoms with Gasteiger partial charge < -0.3 is 0 Å². The smallest absolute Gasteiger partial charge is 0.206 e. The Balaban J connectivity index is 1.83. The van der Waals surface area contributed by atoms with E-state index < -0.39 is 3.93 Å². The van der Waals surface area contributed by atoms with Crippen LogP contribution in [0.2, 0.25) is 0 Å². The molecule has 1 aliphatic carbocycles. The average molecular weight is 562 g/mol. The molecule has 3 rings (SSSR count). The maximum absolute atomic E-state index is 14.5. The van der Waals surface area contributed by atoms with Crippen LogP contribution in [0.4, 0.5) is 13.2 Å². The van der Waals surface area contributed by atoms with E-state index >= 15 is 0 Å². The van der Waals surface area contributed by atoms with Gasteiger partial charge in [0.25, 0.3) is 0 Å². The van der Waals surface area contributed by atoms with Gasteiger partial charge in [-0.1, -0.05) is 34.7 Å². The molecule has 6 heteroatoms. The average Bonchev–Trinajstić information content (AvgIpc) is 2.97. The molecule has 1 heterocycles. The summed E-state index contributed by atoms with van der Waals surface area (Å²) < 4.78 is 39.0. The Morgan fingerprint density at radius 2 is 1.74 bits per heavy atom. The van der Waals surface area contributed by atoms with Gasteiger partial charge in [-0.15, -0.1) is 11.3 Å². The summed E-state index contributed by atoms with van der Waals surface area (Å²) in [5, 5.41) is 0. The predicted octanol–water partition coefficient (Wildman–Crippen LogP) is 7.50. The molecule has 124 valence electrons. The van der Waals surface area contributed by atoms with Crippen LogP contribution in [-0.4, -0.2) is 3.92 Å². The van der Waals surface area contributed by atoms with Gasteiger partial charge in [-0.05, 0) is 55.4 Å². The lowest BCUT2D eigenvalue weighted by atomic mass is 9.84. The second-order valence-electron chi connectivity index (χ2n) is 5.85. The molecule has 0 saturated heterocycles. The van der Waals surface area contributed by atoms with E-state index in [-0.39, 0.29) is 10.7 Å². The molecule has 0 aliphatic heterocycles. The molecule has 0 unspecified atom stereocenters. The van der Waals surface area contributed by atoms with Gasteiger partial charge in [0.2, 0.25) is 0 Å². The van der Waals surface area contributed by atoms with Gasteiger partial charge in [-0.25, -0.2) is 4.39 Å². The standard InChI is InChI=1S/C17H15F3I2S/c18-14-9-11(10-1-4-12(21)5-2-10)3-6-13(14)15-7-8-16(23-15)17(19,20)22/h3,6-10,12H,1-2,4-5H2. The van der Waals surface area contributed by atoms with E-state index in [1.807, 2.05) is 6.07 Å². The van der Waals surface area contributed by atoms with Crippen LogP contribution in [0.25, 0.3) is 10.4 Å². The molecule has 0 nitrogen and oxygen atoms in total. The van der Waals surface area contributed by atoms with Gasteiger partial charge in [-0.3, -0.25) is 0 Å². The van der Waals surface area contributed by atoms with Crippen molar-refractivity contribution in [2.45, 2.75) is 39.5 Å². The largest absolute Gasteiger partial charge is 0.330 e. The molecule has 2 aromatic rings. The van der Waals surface area contributed by atoms with E-state index in [1.54, 1.807) is 18.2 Å². The first-order valence-electron chi connectivity index (χ1n) is 7.45. The van der Waals surface area contributed by atoms with Gasteiger partial charge in [0.15, 0.2) is 0 Å². The van der Waals surface area contributed by atoms with Crippen molar-refractivity contribution in [3.05, 3.63) is 46.6 Å². The topological polar surface area (TPSA) is 0 Å². The van der Waals surface area contributed by atoms with Crippen LogP contribution in [0.15, 0.2) is 30.3 Å². The van der Waals surface area contributed by atoms with Crippen LogP contribution in [-0.2, 0) is 3.93 Å². The molecule has 0 amide bonds. The SMILES string of the molecule is Fc1cc(C2CCC(I)CC2)ccc1-c1ccc(C(F)(F)I)s1. The number of hydrogen-bond acceptors (Lipinski definition) is 1. The maximum atomic E-state index is 14.5. The van der Waals surface area contributed by atoms with Crippen molar-refractivity contribution < 1.29 is 13.2 Å². The van der Waals surface area contributed by atoms with Gasteiger partial charge in [0.05, 0.1) is 4.88 Å². The Morgan fingerprint density at radius 3 is 2.30 bits per heavy atom. The molecule has 0 spiro atoms. The van der Waals surface area contributed by atoms with Gasteiger partial charge >= 0.3 is 3.93 Å². The van der Waals surface area contributed by atoms with E-state index in [1.165, 1.54) is 18.9 Å². The zero-order valence-electron chi connectivity index (χ0n) is 12.2. The van der Waals surface area contributed by atoms with Crippen molar-refractivity contribution in [2.24, 2.45) is 0 Å². The summed E-state index contributed by atoms with van der Waals surface area (Å²) in [7, 11) is 0. The summed E-state index contributed by atoms with van der Waals surface area (Å²) >= 11 is 4.53. The first kappa shape index (κ1) is 18.0. The first-order chi connectivity index (χ1) is 10.8. The van der Waals surface area contributed by atoms with E-state index in [4.69, 9.17) is 0 Å². The minimum Gasteiger partial charge on any atom is -0.206 e. The molecular weight excluding hydrogens is 547 g/mol. The summed E-state index contributed by atoms with van der Waals surface area (Å²) in [6.45, 7) is 0. The lowest BCUT2D eigenvalue weighted by Gasteiger charge is -2.25. The maximum Gasteiger partial charge on any atom is 0.330 e. The minimum atomic E-state index is -2.91. The van der Waals surface area contributed by atoms with Gasteiger partial charge in [0, 0.05) is 37.0 Å². The quantitative estimate of drug-likeness (QED) is 0.269. The van der Waals surface area contributed by atoms with Crippen molar-refractivity contribution in [3.8, 4) is 10.4 Å². The summed E-state index contributed by atoms with van der Waals surface area (Å²) in [6, 6.07) is 8.24. The second kappa shape index (κ2) is 7.19. The third kappa shape index (κ3) is 4.23. The molecule has 1 aromatic heterocycles. The molecule has 0 N–H and O–H groups in total.